The molecule has 0 saturated heterocycles. The first-order chi connectivity index (χ1) is 12.7. The van der Waals surface area contributed by atoms with E-state index >= 15 is 0 Å². The minimum atomic E-state index is -0.295. The van der Waals surface area contributed by atoms with Crippen molar-refractivity contribution in [2.24, 2.45) is 5.10 Å². The quantitative estimate of drug-likeness (QED) is 0.472. The second kappa shape index (κ2) is 8.02. The van der Waals surface area contributed by atoms with E-state index in [4.69, 9.17) is 4.74 Å². The highest BCUT2D eigenvalue weighted by Crippen LogP contribution is 2.27. The molecular weight excluding hydrogens is 330 g/mol. The molecule has 0 bridgehead atoms. The number of benzene rings is 3. The van der Waals surface area contributed by atoms with Crippen LogP contribution in [-0.2, 0) is 4.79 Å². The SMILES string of the molecule is COc1cccc(C=NNC(=O)CNc2ccc3ccccc3c2)c1O. The molecule has 26 heavy (non-hydrogen) atoms. The summed E-state index contributed by atoms with van der Waals surface area (Å²) in [4.78, 5) is 11.9. The molecule has 3 aromatic rings. The van der Waals surface area contributed by atoms with E-state index in [0.29, 0.717) is 11.3 Å². The van der Waals surface area contributed by atoms with Crippen molar-refractivity contribution in [2.75, 3.05) is 19.0 Å². The molecular formula is C20H19N3O3. The van der Waals surface area contributed by atoms with Crippen molar-refractivity contribution in [3.05, 3.63) is 66.2 Å². The highest BCUT2D eigenvalue weighted by Gasteiger charge is 2.05. The van der Waals surface area contributed by atoms with Gasteiger partial charge in [0.1, 0.15) is 0 Å². The summed E-state index contributed by atoms with van der Waals surface area (Å²) >= 11 is 0. The number of para-hydroxylation sites is 1. The maximum absolute atomic E-state index is 11.9. The molecule has 0 saturated carbocycles. The van der Waals surface area contributed by atoms with Crippen LogP contribution in [0, 0.1) is 0 Å². The predicted molar refractivity (Wildman–Crippen MR) is 103 cm³/mol. The second-order valence-electron chi connectivity index (χ2n) is 5.61. The van der Waals surface area contributed by atoms with Crippen LogP contribution in [-0.4, -0.2) is 30.9 Å². The molecule has 0 heterocycles. The summed E-state index contributed by atoms with van der Waals surface area (Å²) in [5.74, 6) is 0.0253. The monoisotopic (exact) mass is 349 g/mol. The summed E-state index contributed by atoms with van der Waals surface area (Å²) in [6, 6.07) is 19.0. The molecule has 0 atom stereocenters. The van der Waals surface area contributed by atoms with Crippen molar-refractivity contribution < 1.29 is 14.6 Å². The number of ether oxygens (including phenoxy) is 1. The number of methoxy groups -OCH3 is 1. The molecule has 6 nitrogen and oxygen atoms in total. The number of nitrogens with zero attached hydrogens (tertiary/aromatic N) is 1. The van der Waals surface area contributed by atoms with Crippen LogP contribution in [0.2, 0.25) is 0 Å². The molecule has 132 valence electrons. The third-order valence-corrected chi connectivity index (χ3v) is 3.85. The standard InChI is InChI=1S/C20H19N3O3/c1-26-18-8-4-7-16(20(18)25)12-22-23-19(24)13-21-17-10-9-14-5-2-3-6-15(14)11-17/h2-12,21,25H,13H2,1H3,(H,23,24). The third-order valence-electron chi connectivity index (χ3n) is 3.85. The number of hydrazone groups is 1. The molecule has 1 amide bonds. The molecule has 0 aromatic heterocycles. The molecule has 3 aromatic carbocycles. The number of anilines is 1. The predicted octanol–water partition coefficient (Wildman–Crippen LogP) is 3.12. The first-order valence-corrected chi connectivity index (χ1v) is 8.08. The average Bonchev–Trinajstić information content (AvgIpc) is 2.67. The van der Waals surface area contributed by atoms with Crippen molar-refractivity contribution in [1.29, 1.82) is 0 Å². The summed E-state index contributed by atoms with van der Waals surface area (Å²) in [6.07, 6.45) is 1.37. The molecule has 6 heteroatoms. The van der Waals surface area contributed by atoms with E-state index in [0.717, 1.165) is 16.5 Å². The number of phenols is 1. The molecule has 0 aliphatic heterocycles. The molecule has 0 aliphatic carbocycles. The van der Waals surface area contributed by atoms with Gasteiger partial charge in [0.25, 0.3) is 5.91 Å². The Kier molecular flexibility index (Phi) is 5.34. The fourth-order valence-electron chi connectivity index (χ4n) is 2.50. The number of rotatable bonds is 6. The molecule has 0 unspecified atom stereocenters. The summed E-state index contributed by atoms with van der Waals surface area (Å²) in [7, 11) is 1.47. The Morgan fingerprint density at radius 2 is 1.92 bits per heavy atom. The highest BCUT2D eigenvalue weighted by molar-refractivity contribution is 5.88. The van der Waals surface area contributed by atoms with Crippen molar-refractivity contribution in [3.63, 3.8) is 0 Å². The van der Waals surface area contributed by atoms with Crippen molar-refractivity contribution in [1.82, 2.24) is 5.43 Å². The Morgan fingerprint density at radius 1 is 1.12 bits per heavy atom. The summed E-state index contributed by atoms with van der Waals surface area (Å²) in [5, 5.41) is 19.1. The minimum absolute atomic E-state index is 0.0257. The second-order valence-corrected chi connectivity index (χ2v) is 5.61. The molecule has 0 fully saturated rings. The van der Waals surface area contributed by atoms with Crippen molar-refractivity contribution in [3.8, 4) is 11.5 Å². The van der Waals surface area contributed by atoms with Crippen LogP contribution in [0.3, 0.4) is 0 Å². The minimum Gasteiger partial charge on any atom is -0.504 e. The van der Waals surface area contributed by atoms with E-state index in [2.05, 4.69) is 15.8 Å². The number of hydrogen-bond donors (Lipinski definition) is 3. The number of phenolic OH excluding ortho intramolecular Hbond substituents is 1. The van der Waals surface area contributed by atoms with E-state index in [9.17, 15) is 9.90 Å². The Morgan fingerprint density at radius 3 is 2.73 bits per heavy atom. The molecule has 3 rings (SSSR count). The lowest BCUT2D eigenvalue weighted by atomic mass is 10.1. The first-order valence-electron chi connectivity index (χ1n) is 8.08. The van der Waals surface area contributed by atoms with Gasteiger partial charge in [0.05, 0.1) is 19.9 Å². The van der Waals surface area contributed by atoms with Crippen LogP contribution in [0.25, 0.3) is 10.8 Å². The number of carbonyl (C=O) groups is 1. The number of hydrogen-bond acceptors (Lipinski definition) is 5. The van der Waals surface area contributed by atoms with Crippen LogP contribution < -0.4 is 15.5 Å². The van der Waals surface area contributed by atoms with Crippen LogP contribution in [0.1, 0.15) is 5.56 Å². The Bertz CT molecular complexity index is 954. The fourth-order valence-corrected chi connectivity index (χ4v) is 2.50. The topological polar surface area (TPSA) is 83.0 Å². The lowest BCUT2D eigenvalue weighted by molar-refractivity contribution is -0.119. The zero-order valence-corrected chi connectivity index (χ0v) is 14.3. The van der Waals surface area contributed by atoms with Gasteiger partial charge in [0.15, 0.2) is 11.5 Å². The van der Waals surface area contributed by atoms with Crippen LogP contribution in [0.5, 0.6) is 11.5 Å². The van der Waals surface area contributed by atoms with E-state index in [-0.39, 0.29) is 18.2 Å². The van der Waals surface area contributed by atoms with E-state index < -0.39 is 0 Å². The average molecular weight is 349 g/mol. The van der Waals surface area contributed by atoms with Gasteiger partial charge < -0.3 is 15.2 Å². The maximum Gasteiger partial charge on any atom is 0.259 e. The van der Waals surface area contributed by atoms with Gasteiger partial charge in [-0.1, -0.05) is 36.4 Å². The van der Waals surface area contributed by atoms with Gasteiger partial charge in [-0.05, 0) is 35.0 Å². The Hall–Kier alpha value is -3.54. The van der Waals surface area contributed by atoms with E-state index in [1.807, 2.05) is 42.5 Å². The van der Waals surface area contributed by atoms with Crippen LogP contribution in [0.15, 0.2) is 65.8 Å². The van der Waals surface area contributed by atoms with Gasteiger partial charge in [0.2, 0.25) is 0 Å². The molecule has 0 spiro atoms. The zero-order valence-electron chi connectivity index (χ0n) is 14.3. The van der Waals surface area contributed by atoms with Crippen molar-refractivity contribution in [2.45, 2.75) is 0 Å². The molecule has 0 radical (unpaired) electrons. The molecule has 3 N–H and O–H groups in total. The smallest absolute Gasteiger partial charge is 0.259 e. The number of nitrogens with one attached hydrogen (secondary N) is 2. The number of carbonyl (C=O) groups excluding carboxylic acids is 1. The third kappa shape index (κ3) is 4.10. The summed E-state index contributed by atoms with van der Waals surface area (Å²) in [6.45, 7) is 0.0831. The number of aromatic hydroxyl groups is 1. The van der Waals surface area contributed by atoms with Gasteiger partial charge in [-0.3, -0.25) is 4.79 Å². The van der Waals surface area contributed by atoms with Crippen LogP contribution >= 0.6 is 0 Å². The Balaban J connectivity index is 1.55. The zero-order chi connectivity index (χ0) is 18.4. The van der Waals surface area contributed by atoms with E-state index in [1.165, 1.54) is 13.3 Å². The normalized spacial score (nSPS) is 10.8. The number of amides is 1. The summed E-state index contributed by atoms with van der Waals surface area (Å²) < 4.78 is 5.02. The lowest BCUT2D eigenvalue weighted by Crippen LogP contribution is -2.25. The van der Waals surface area contributed by atoms with Crippen molar-refractivity contribution >= 4 is 28.6 Å². The van der Waals surface area contributed by atoms with Gasteiger partial charge in [-0.2, -0.15) is 5.10 Å². The Labute approximate surface area is 151 Å². The first kappa shape index (κ1) is 17.3. The van der Waals surface area contributed by atoms with Gasteiger partial charge in [-0.15, -0.1) is 0 Å². The lowest BCUT2D eigenvalue weighted by Gasteiger charge is -2.07. The largest absolute Gasteiger partial charge is 0.504 e. The molecule has 0 aliphatic rings. The number of fused-ring (bicyclic) bond motifs is 1. The van der Waals surface area contributed by atoms with Crippen LogP contribution in [0.4, 0.5) is 5.69 Å². The van der Waals surface area contributed by atoms with Gasteiger partial charge in [0, 0.05) is 11.3 Å². The fraction of sp³-hybridized carbons (Fsp3) is 0.100. The van der Waals surface area contributed by atoms with E-state index in [1.54, 1.807) is 18.2 Å². The maximum atomic E-state index is 11.9. The van der Waals surface area contributed by atoms with Gasteiger partial charge in [-0.25, -0.2) is 5.43 Å². The van der Waals surface area contributed by atoms with Gasteiger partial charge >= 0.3 is 0 Å². The highest BCUT2D eigenvalue weighted by atomic mass is 16.5. The summed E-state index contributed by atoms with van der Waals surface area (Å²) in [5.41, 5.74) is 3.73.